The zero-order valence-electron chi connectivity index (χ0n) is 12.5. The van der Waals surface area contributed by atoms with E-state index in [-0.39, 0.29) is 12.4 Å². The first kappa shape index (κ1) is 16.2. The highest BCUT2D eigenvalue weighted by atomic mass is 35.5. The number of rotatable bonds is 5. The fourth-order valence-electron chi connectivity index (χ4n) is 2.97. The summed E-state index contributed by atoms with van der Waals surface area (Å²) in [6.45, 7) is 4.47. The molecule has 1 fully saturated rings. The minimum atomic E-state index is 0. The van der Waals surface area contributed by atoms with E-state index in [0.29, 0.717) is 0 Å². The summed E-state index contributed by atoms with van der Waals surface area (Å²) >= 11 is 0. The molecule has 0 saturated carbocycles. The number of hydrogen-bond acceptors (Lipinski definition) is 4. The van der Waals surface area contributed by atoms with Gasteiger partial charge in [-0.15, -0.1) is 12.4 Å². The molecule has 116 valence electrons. The van der Waals surface area contributed by atoms with Crippen molar-refractivity contribution in [2.45, 2.75) is 25.8 Å². The van der Waals surface area contributed by atoms with Crippen molar-refractivity contribution in [2.24, 2.45) is 5.92 Å². The molecule has 0 unspecified atom stereocenters. The maximum Gasteiger partial charge on any atom is 0.233 e. The molecule has 3 rings (SSSR count). The van der Waals surface area contributed by atoms with Gasteiger partial charge in [-0.25, -0.2) is 9.97 Å². The number of nitrogens with zero attached hydrogens (tertiary/aromatic N) is 4. The Morgan fingerprint density at radius 1 is 1.33 bits per heavy atom. The van der Waals surface area contributed by atoms with Gasteiger partial charge in [-0.1, -0.05) is 0 Å². The molecule has 1 N–H and O–H groups in total. The van der Waals surface area contributed by atoms with E-state index in [4.69, 9.17) is 0 Å². The summed E-state index contributed by atoms with van der Waals surface area (Å²) in [7, 11) is 2.03. The summed E-state index contributed by atoms with van der Waals surface area (Å²) in [4.78, 5) is 11.4. The molecule has 0 aromatic carbocycles. The van der Waals surface area contributed by atoms with Crippen LogP contribution in [0.25, 0.3) is 5.78 Å². The van der Waals surface area contributed by atoms with Crippen molar-refractivity contribution in [3.63, 3.8) is 0 Å². The molecule has 5 nitrogen and oxygen atoms in total. The van der Waals surface area contributed by atoms with E-state index >= 15 is 0 Å². The van der Waals surface area contributed by atoms with Gasteiger partial charge < -0.3 is 5.32 Å². The van der Waals surface area contributed by atoms with E-state index in [2.05, 4.69) is 26.4 Å². The Morgan fingerprint density at radius 3 is 2.86 bits per heavy atom. The van der Waals surface area contributed by atoms with Gasteiger partial charge in [0.2, 0.25) is 5.78 Å². The molecular weight excluding hydrogens is 286 g/mol. The van der Waals surface area contributed by atoms with E-state index in [1.54, 1.807) is 6.20 Å². The van der Waals surface area contributed by atoms with Gasteiger partial charge in [-0.2, -0.15) is 0 Å². The second kappa shape index (κ2) is 7.73. The highest BCUT2D eigenvalue weighted by molar-refractivity contribution is 5.85. The Labute approximate surface area is 132 Å². The van der Waals surface area contributed by atoms with Gasteiger partial charge in [0.15, 0.2) is 0 Å². The molecular formula is C15H24ClN5. The lowest BCUT2D eigenvalue weighted by atomic mass is 9.93. The van der Waals surface area contributed by atoms with Crippen LogP contribution in [0.3, 0.4) is 0 Å². The molecule has 1 aliphatic rings. The third kappa shape index (κ3) is 4.15. The molecule has 6 heteroatoms. The first-order valence-corrected chi connectivity index (χ1v) is 7.50. The summed E-state index contributed by atoms with van der Waals surface area (Å²) in [5, 5.41) is 3.25. The van der Waals surface area contributed by atoms with Crippen molar-refractivity contribution in [1.29, 1.82) is 0 Å². The Bertz CT molecular complexity index is 515. The molecule has 0 radical (unpaired) electrons. The number of hydrogen-bond donors (Lipinski definition) is 1. The summed E-state index contributed by atoms with van der Waals surface area (Å²) in [6.07, 6.45) is 9.82. The molecule has 2 aromatic heterocycles. The lowest BCUT2D eigenvalue weighted by molar-refractivity contribution is 0.171. The molecule has 0 aliphatic carbocycles. The molecule has 0 atom stereocenters. The van der Waals surface area contributed by atoms with Crippen molar-refractivity contribution >= 4 is 18.2 Å². The van der Waals surface area contributed by atoms with Crippen LogP contribution in [0.4, 0.5) is 0 Å². The van der Waals surface area contributed by atoms with Gasteiger partial charge in [0.1, 0.15) is 0 Å². The Balaban J connectivity index is 0.00000161. The van der Waals surface area contributed by atoms with Crippen LogP contribution in [0.2, 0.25) is 0 Å². The molecule has 3 heterocycles. The first-order chi connectivity index (χ1) is 9.85. The van der Waals surface area contributed by atoms with Crippen LogP contribution in [0.1, 0.15) is 25.0 Å². The SMILES string of the molecule is CNCCC1CCN(Cc2cn3cccnc3n2)CC1.Cl. The van der Waals surface area contributed by atoms with Gasteiger partial charge in [-0.3, -0.25) is 9.30 Å². The normalized spacial score (nSPS) is 17.0. The molecule has 0 spiro atoms. The van der Waals surface area contributed by atoms with Crippen molar-refractivity contribution in [1.82, 2.24) is 24.6 Å². The largest absolute Gasteiger partial charge is 0.320 e. The third-order valence-corrected chi connectivity index (χ3v) is 4.18. The second-order valence-corrected chi connectivity index (χ2v) is 5.67. The number of imidazole rings is 1. The number of fused-ring (bicyclic) bond motifs is 1. The van der Waals surface area contributed by atoms with E-state index in [0.717, 1.165) is 30.5 Å². The van der Waals surface area contributed by atoms with Crippen LogP contribution in [0, 0.1) is 5.92 Å². The van der Waals surface area contributed by atoms with Crippen molar-refractivity contribution < 1.29 is 0 Å². The van der Waals surface area contributed by atoms with Crippen LogP contribution < -0.4 is 5.32 Å². The van der Waals surface area contributed by atoms with Crippen LogP contribution in [-0.4, -0.2) is 46.0 Å². The summed E-state index contributed by atoms with van der Waals surface area (Å²) in [5.41, 5.74) is 1.12. The van der Waals surface area contributed by atoms with Gasteiger partial charge >= 0.3 is 0 Å². The Morgan fingerprint density at radius 2 is 2.14 bits per heavy atom. The smallest absolute Gasteiger partial charge is 0.233 e. The number of aromatic nitrogens is 3. The first-order valence-electron chi connectivity index (χ1n) is 7.50. The number of halogens is 1. The lowest BCUT2D eigenvalue weighted by Gasteiger charge is -2.31. The predicted molar refractivity (Wildman–Crippen MR) is 86.8 cm³/mol. The van der Waals surface area contributed by atoms with Crippen LogP contribution in [0.5, 0.6) is 0 Å². The van der Waals surface area contributed by atoms with Crippen LogP contribution in [-0.2, 0) is 6.54 Å². The molecule has 1 aliphatic heterocycles. The monoisotopic (exact) mass is 309 g/mol. The van der Waals surface area contributed by atoms with Gasteiger partial charge in [0, 0.05) is 25.1 Å². The minimum absolute atomic E-state index is 0. The van der Waals surface area contributed by atoms with Crippen LogP contribution >= 0.6 is 12.4 Å². The van der Waals surface area contributed by atoms with E-state index in [9.17, 15) is 0 Å². The zero-order chi connectivity index (χ0) is 13.8. The molecule has 0 amide bonds. The standard InChI is InChI=1S/C15H23N5.ClH/c1-16-7-3-13-4-9-19(10-5-13)11-14-12-20-8-2-6-17-15(20)18-14;/h2,6,8,12-13,16H,3-5,7,9-11H2,1H3;1H. The topological polar surface area (TPSA) is 45.5 Å². The van der Waals surface area contributed by atoms with Crippen LogP contribution in [0.15, 0.2) is 24.7 Å². The maximum absolute atomic E-state index is 4.58. The summed E-state index contributed by atoms with van der Waals surface area (Å²) in [5.74, 6) is 1.69. The predicted octanol–water partition coefficient (Wildman–Crippen LogP) is 1.97. The van der Waals surface area contributed by atoms with Gasteiger partial charge in [0.05, 0.1) is 5.69 Å². The van der Waals surface area contributed by atoms with E-state index in [1.165, 1.54) is 32.4 Å². The average molecular weight is 310 g/mol. The minimum Gasteiger partial charge on any atom is -0.320 e. The second-order valence-electron chi connectivity index (χ2n) is 5.67. The zero-order valence-corrected chi connectivity index (χ0v) is 13.4. The quantitative estimate of drug-likeness (QED) is 0.917. The molecule has 1 saturated heterocycles. The average Bonchev–Trinajstić information content (AvgIpc) is 2.89. The van der Waals surface area contributed by atoms with E-state index in [1.807, 2.05) is 23.7 Å². The van der Waals surface area contributed by atoms with Crippen molar-refractivity contribution in [3.8, 4) is 0 Å². The van der Waals surface area contributed by atoms with Crippen molar-refractivity contribution in [2.75, 3.05) is 26.7 Å². The Hall–Kier alpha value is -1.17. The molecule has 2 aromatic rings. The van der Waals surface area contributed by atoms with Gasteiger partial charge in [0.25, 0.3) is 0 Å². The lowest BCUT2D eigenvalue weighted by Crippen LogP contribution is -2.34. The fourth-order valence-corrected chi connectivity index (χ4v) is 2.97. The van der Waals surface area contributed by atoms with Gasteiger partial charge in [-0.05, 0) is 57.9 Å². The number of piperidine rings is 1. The summed E-state index contributed by atoms with van der Waals surface area (Å²) < 4.78 is 2.00. The number of nitrogens with one attached hydrogen (secondary N) is 1. The van der Waals surface area contributed by atoms with E-state index < -0.39 is 0 Å². The number of likely N-dealkylation sites (tertiary alicyclic amines) is 1. The maximum atomic E-state index is 4.58. The van der Waals surface area contributed by atoms with Crippen molar-refractivity contribution in [3.05, 3.63) is 30.4 Å². The highest BCUT2D eigenvalue weighted by Gasteiger charge is 2.19. The Kier molecular flexibility index (Phi) is 5.96. The fraction of sp³-hybridized carbons (Fsp3) is 0.600. The summed E-state index contributed by atoms with van der Waals surface area (Å²) in [6, 6.07) is 1.94. The third-order valence-electron chi connectivity index (χ3n) is 4.18. The molecule has 21 heavy (non-hydrogen) atoms. The highest BCUT2D eigenvalue weighted by Crippen LogP contribution is 2.21. The molecule has 0 bridgehead atoms.